The largest absolute Gasteiger partial charge is 0.319 e. The average molecular weight is 294 g/mol. The van der Waals surface area contributed by atoms with Gasteiger partial charge in [0.1, 0.15) is 16.6 Å². The fourth-order valence-corrected chi connectivity index (χ4v) is 3.68. The first-order chi connectivity index (χ1) is 9.49. The molecule has 0 radical (unpaired) electrons. The molecule has 2 aromatic rings. The molecule has 0 bridgehead atoms. The molecule has 0 amide bonds. The van der Waals surface area contributed by atoms with Crippen LogP contribution in [0.1, 0.15) is 36.3 Å². The van der Waals surface area contributed by atoms with E-state index in [2.05, 4.69) is 4.98 Å². The maximum Gasteiger partial charge on any atom is 0.133 e. The van der Waals surface area contributed by atoms with Crippen LogP contribution in [-0.4, -0.2) is 4.98 Å². The summed E-state index contributed by atoms with van der Waals surface area (Å²) in [5.74, 6) is -0.863. The zero-order chi connectivity index (χ0) is 14.3. The van der Waals surface area contributed by atoms with Gasteiger partial charge in [-0.25, -0.2) is 13.8 Å². The topological polar surface area (TPSA) is 38.9 Å². The van der Waals surface area contributed by atoms with Crippen LogP contribution in [-0.2, 0) is 5.54 Å². The molecular formula is C15H16F2N2S. The van der Waals surface area contributed by atoms with E-state index in [1.807, 2.05) is 0 Å². The monoisotopic (exact) mass is 294 g/mol. The van der Waals surface area contributed by atoms with Crippen molar-refractivity contribution in [3.05, 3.63) is 39.7 Å². The Bertz CT molecular complexity index is 645. The third kappa shape index (κ3) is 2.25. The Labute approximate surface area is 120 Å². The highest BCUT2D eigenvalue weighted by Gasteiger charge is 2.34. The number of nitrogens with zero attached hydrogens (tertiary/aromatic N) is 1. The van der Waals surface area contributed by atoms with Gasteiger partial charge < -0.3 is 5.73 Å². The number of halogens is 2. The molecule has 1 aromatic carbocycles. The first-order valence-electron chi connectivity index (χ1n) is 6.70. The van der Waals surface area contributed by atoms with E-state index < -0.39 is 11.6 Å². The zero-order valence-electron chi connectivity index (χ0n) is 11.2. The third-order valence-electron chi connectivity index (χ3n) is 3.95. The van der Waals surface area contributed by atoms with Crippen molar-refractivity contribution < 1.29 is 8.78 Å². The lowest BCUT2D eigenvalue weighted by Crippen LogP contribution is -2.32. The molecule has 0 unspecified atom stereocenters. The Morgan fingerprint density at radius 3 is 2.60 bits per heavy atom. The first kappa shape index (κ1) is 13.6. The van der Waals surface area contributed by atoms with E-state index in [0.29, 0.717) is 11.3 Å². The van der Waals surface area contributed by atoms with Gasteiger partial charge in [-0.2, -0.15) is 0 Å². The van der Waals surface area contributed by atoms with E-state index in [4.69, 9.17) is 5.73 Å². The highest BCUT2D eigenvalue weighted by atomic mass is 32.1. The van der Waals surface area contributed by atoms with Gasteiger partial charge in [0, 0.05) is 10.9 Å². The van der Waals surface area contributed by atoms with Crippen molar-refractivity contribution in [2.75, 3.05) is 0 Å². The Balaban J connectivity index is 2.00. The predicted octanol–water partition coefficient (Wildman–Crippen LogP) is 4.12. The molecule has 1 aliphatic rings. The highest BCUT2D eigenvalue weighted by molar-refractivity contribution is 7.10. The Morgan fingerprint density at radius 2 is 1.90 bits per heavy atom. The lowest BCUT2D eigenvalue weighted by atomic mass is 10.0. The van der Waals surface area contributed by atoms with Crippen molar-refractivity contribution in [1.82, 2.24) is 4.98 Å². The number of aromatic nitrogens is 1. The summed E-state index contributed by atoms with van der Waals surface area (Å²) in [4.78, 5) is 4.45. The number of aryl methyl sites for hydroxylation is 1. The van der Waals surface area contributed by atoms with Crippen LogP contribution in [0.15, 0.2) is 17.5 Å². The molecule has 1 fully saturated rings. The van der Waals surface area contributed by atoms with Crippen molar-refractivity contribution in [3.8, 4) is 11.3 Å². The SMILES string of the molecule is Cc1cc(F)c(-c2csc(C3(N)CCCC3)n2)cc1F. The first-order valence-corrected chi connectivity index (χ1v) is 7.58. The minimum absolute atomic E-state index is 0.206. The molecule has 1 aromatic heterocycles. The lowest BCUT2D eigenvalue weighted by Gasteiger charge is -2.19. The Morgan fingerprint density at radius 1 is 1.20 bits per heavy atom. The van der Waals surface area contributed by atoms with Crippen LogP contribution < -0.4 is 5.73 Å². The van der Waals surface area contributed by atoms with E-state index in [1.54, 1.807) is 12.3 Å². The summed E-state index contributed by atoms with van der Waals surface area (Å²) in [6.45, 7) is 1.54. The maximum absolute atomic E-state index is 14.0. The number of hydrogen-bond acceptors (Lipinski definition) is 3. The van der Waals surface area contributed by atoms with Gasteiger partial charge in [-0.15, -0.1) is 11.3 Å². The number of thiazole rings is 1. The number of nitrogens with two attached hydrogens (primary N) is 1. The van der Waals surface area contributed by atoms with Gasteiger partial charge in [0.2, 0.25) is 0 Å². The van der Waals surface area contributed by atoms with Crippen LogP contribution in [0.2, 0.25) is 0 Å². The van der Waals surface area contributed by atoms with E-state index >= 15 is 0 Å². The zero-order valence-corrected chi connectivity index (χ0v) is 12.1. The molecule has 0 spiro atoms. The van der Waals surface area contributed by atoms with Gasteiger partial charge in [0.15, 0.2) is 0 Å². The molecule has 2 N–H and O–H groups in total. The van der Waals surface area contributed by atoms with Crippen LogP contribution >= 0.6 is 11.3 Å². The van der Waals surface area contributed by atoms with Gasteiger partial charge in [0.25, 0.3) is 0 Å². The fourth-order valence-electron chi connectivity index (χ4n) is 2.69. The molecule has 106 valence electrons. The van der Waals surface area contributed by atoms with Crippen molar-refractivity contribution in [2.45, 2.75) is 38.1 Å². The quantitative estimate of drug-likeness (QED) is 0.904. The van der Waals surface area contributed by atoms with E-state index in [-0.39, 0.29) is 11.1 Å². The minimum atomic E-state index is -0.446. The number of rotatable bonds is 2. The third-order valence-corrected chi connectivity index (χ3v) is 5.01. The maximum atomic E-state index is 14.0. The smallest absolute Gasteiger partial charge is 0.133 e. The second kappa shape index (κ2) is 4.90. The molecule has 1 saturated carbocycles. The van der Waals surface area contributed by atoms with E-state index in [9.17, 15) is 8.78 Å². The normalized spacial score (nSPS) is 17.6. The molecule has 5 heteroatoms. The van der Waals surface area contributed by atoms with Gasteiger partial charge >= 0.3 is 0 Å². The predicted molar refractivity (Wildman–Crippen MR) is 76.5 cm³/mol. The summed E-state index contributed by atoms with van der Waals surface area (Å²) in [5.41, 5.74) is 6.93. The summed E-state index contributed by atoms with van der Waals surface area (Å²) < 4.78 is 27.6. The van der Waals surface area contributed by atoms with Gasteiger partial charge in [-0.1, -0.05) is 12.8 Å². The molecule has 1 heterocycles. The molecule has 0 aliphatic heterocycles. The molecule has 20 heavy (non-hydrogen) atoms. The second-order valence-corrected chi connectivity index (χ2v) is 6.34. The lowest BCUT2D eigenvalue weighted by molar-refractivity contribution is 0.459. The average Bonchev–Trinajstić information content (AvgIpc) is 3.03. The number of hydrogen-bond donors (Lipinski definition) is 1. The van der Waals surface area contributed by atoms with E-state index in [1.165, 1.54) is 23.5 Å². The van der Waals surface area contributed by atoms with Crippen LogP contribution in [0.25, 0.3) is 11.3 Å². The van der Waals surface area contributed by atoms with E-state index in [0.717, 1.165) is 30.7 Å². The number of benzene rings is 1. The van der Waals surface area contributed by atoms with Gasteiger partial charge in [0.05, 0.1) is 11.2 Å². The standard InChI is InChI=1S/C15H16F2N2S/c1-9-6-12(17)10(7-11(9)16)13-8-20-14(19-13)15(18)4-2-3-5-15/h6-8H,2-5,18H2,1H3. The fraction of sp³-hybridized carbons (Fsp3) is 0.400. The summed E-state index contributed by atoms with van der Waals surface area (Å²) in [5, 5.41) is 2.58. The highest BCUT2D eigenvalue weighted by Crippen LogP contribution is 2.39. The van der Waals surface area contributed by atoms with Crippen molar-refractivity contribution in [2.24, 2.45) is 5.73 Å². The van der Waals surface area contributed by atoms with Crippen molar-refractivity contribution in [1.29, 1.82) is 0 Å². The van der Waals surface area contributed by atoms with Crippen LogP contribution in [0.3, 0.4) is 0 Å². The van der Waals surface area contributed by atoms with Crippen molar-refractivity contribution in [3.63, 3.8) is 0 Å². The minimum Gasteiger partial charge on any atom is -0.319 e. The summed E-state index contributed by atoms with van der Waals surface area (Å²) in [6, 6.07) is 2.42. The summed E-state index contributed by atoms with van der Waals surface area (Å²) >= 11 is 1.43. The van der Waals surface area contributed by atoms with Crippen LogP contribution in [0.4, 0.5) is 8.78 Å². The molecular weight excluding hydrogens is 278 g/mol. The summed E-state index contributed by atoms with van der Waals surface area (Å²) in [7, 11) is 0. The van der Waals surface area contributed by atoms with Crippen molar-refractivity contribution >= 4 is 11.3 Å². The van der Waals surface area contributed by atoms with Crippen LogP contribution in [0, 0.1) is 18.6 Å². The molecule has 0 saturated heterocycles. The second-order valence-electron chi connectivity index (χ2n) is 5.48. The molecule has 1 aliphatic carbocycles. The van der Waals surface area contributed by atoms with Crippen LogP contribution in [0.5, 0.6) is 0 Å². The molecule has 2 nitrogen and oxygen atoms in total. The molecule has 0 atom stereocenters. The Hall–Kier alpha value is -1.33. The summed E-state index contributed by atoms with van der Waals surface area (Å²) in [6.07, 6.45) is 4.01. The van der Waals surface area contributed by atoms with Gasteiger partial charge in [-0.3, -0.25) is 0 Å². The Kier molecular flexibility index (Phi) is 3.34. The molecule has 3 rings (SSSR count). The van der Waals surface area contributed by atoms with Gasteiger partial charge in [-0.05, 0) is 37.5 Å².